The number of aromatic nitrogens is 3. The van der Waals surface area contributed by atoms with Gasteiger partial charge < -0.3 is 5.73 Å². The number of piperidine rings is 1. The molecule has 0 saturated carbocycles. The Labute approximate surface area is 102 Å². The topological polar surface area (TPSA) is 60.0 Å². The van der Waals surface area contributed by atoms with Crippen molar-refractivity contribution >= 4 is 12.4 Å². The maximum Gasteiger partial charge on any atom is 0.0967 e. The zero-order valence-corrected chi connectivity index (χ0v) is 10.5. The third-order valence-electron chi connectivity index (χ3n) is 3.04. The van der Waals surface area contributed by atoms with Gasteiger partial charge in [-0.25, -0.2) is 0 Å². The first-order valence-corrected chi connectivity index (χ1v) is 5.59. The number of likely N-dealkylation sites (tertiary alicyclic amines) is 1. The molecule has 2 N–H and O–H groups in total. The van der Waals surface area contributed by atoms with Gasteiger partial charge in [-0.05, 0) is 19.4 Å². The Bertz CT molecular complexity index is 314. The van der Waals surface area contributed by atoms with Gasteiger partial charge in [0.1, 0.15) is 0 Å². The highest BCUT2D eigenvalue weighted by atomic mass is 35.5. The summed E-state index contributed by atoms with van der Waals surface area (Å²) in [5, 5.41) is 8.05. The van der Waals surface area contributed by atoms with Gasteiger partial charge in [0.2, 0.25) is 0 Å². The van der Waals surface area contributed by atoms with Crippen molar-refractivity contribution in [3.8, 4) is 0 Å². The zero-order chi connectivity index (χ0) is 10.7. The third kappa shape index (κ3) is 3.17. The molecule has 6 heteroatoms. The number of hydrogen-bond donors (Lipinski definition) is 1. The summed E-state index contributed by atoms with van der Waals surface area (Å²) in [6.07, 6.45) is 5.77. The first kappa shape index (κ1) is 13.4. The number of nitrogens with zero attached hydrogens (tertiary/aromatic N) is 4. The van der Waals surface area contributed by atoms with Crippen LogP contribution in [0.15, 0.2) is 6.20 Å². The van der Waals surface area contributed by atoms with Gasteiger partial charge in [0, 0.05) is 32.4 Å². The number of hydrogen-bond acceptors (Lipinski definition) is 4. The van der Waals surface area contributed by atoms with E-state index in [9.17, 15) is 0 Å². The van der Waals surface area contributed by atoms with Crippen LogP contribution >= 0.6 is 12.4 Å². The van der Waals surface area contributed by atoms with Crippen LogP contribution in [0.25, 0.3) is 0 Å². The molecule has 1 fully saturated rings. The van der Waals surface area contributed by atoms with Crippen LogP contribution in [-0.4, -0.2) is 39.0 Å². The van der Waals surface area contributed by atoms with Gasteiger partial charge in [0.15, 0.2) is 0 Å². The highest BCUT2D eigenvalue weighted by molar-refractivity contribution is 5.85. The summed E-state index contributed by atoms with van der Waals surface area (Å²) in [6.45, 7) is 2.77. The number of nitrogens with two attached hydrogens (primary N) is 1. The van der Waals surface area contributed by atoms with Crippen molar-refractivity contribution in [2.75, 3.05) is 13.1 Å². The van der Waals surface area contributed by atoms with E-state index in [1.807, 2.05) is 13.2 Å². The van der Waals surface area contributed by atoms with E-state index in [1.54, 1.807) is 4.68 Å². The first-order valence-electron chi connectivity index (χ1n) is 5.59. The number of rotatable bonds is 3. The minimum atomic E-state index is 0. The van der Waals surface area contributed by atoms with E-state index in [0.29, 0.717) is 6.04 Å². The van der Waals surface area contributed by atoms with Gasteiger partial charge in [-0.1, -0.05) is 11.6 Å². The molecule has 1 aromatic rings. The number of aryl methyl sites for hydroxylation is 1. The second-order valence-corrected chi connectivity index (χ2v) is 4.24. The Morgan fingerprint density at radius 3 is 2.94 bits per heavy atom. The van der Waals surface area contributed by atoms with E-state index >= 15 is 0 Å². The fourth-order valence-corrected chi connectivity index (χ4v) is 2.21. The Morgan fingerprint density at radius 2 is 2.31 bits per heavy atom. The summed E-state index contributed by atoms with van der Waals surface area (Å²) in [7, 11) is 1.90. The average Bonchev–Trinajstić information content (AvgIpc) is 2.65. The molecular weight excluding hydrogens is 226 g/mol. The number of halogens is 1. The van der Waals surface area contributed by atoms with Crippen LogP contribution in [0.1, 0.15) is 25.0 Å². The van der Waals surface area contributed by atoms with Crippen molar-refractivity contribution in [3.63, 3.8) is 0 Å². The SMILES string of the molecule is Cl.Cn1cc(CN2CCCCC2CN)nn1. The normalized spacial score (nSPS) is 21.8. The minimum Gasteiger partial charge on any atom is -0.329 e. The maximum absolute atomic E-state index is 5.77. The Balaban J connectivity index is 0.00000128. The summed E-state index contributed by atoms with van der Waals surface area (Å²) in [5.74, 6) is 0. The molecule has 0 amide bonds. The lowest BCUT2D eigenvalue weighted by Crippen LogP contribution is -2.43. The highest BCUT2D eigenvalue weighted by Crippen LogP contribution is 2.17. The standard InChI is InChI=1S/C10H19N5.ClH/c1-14-7-9(12-13-14)8-15-5-3-2-4-10(15)6-11;/h7,10H,2-6,8,11H2,1H3;1H. The lowest BCUT2D eigenvalue weighted by Gasteiger charge is -2.34. The van der Waals surface area contributed by atoms with Gasteiger partial charge in [-0.15, -0.1) is 17.5 Å². The average molecular weight is 246 g/mol. The summed E-state index contributed by atoms with van der Waals surface area (Å²) in [5.41, 5.74) is 6.81. The predicted octanol–water partition coefficient (Wildman–Crippen LogP) is 0.550. The molecule has 1 aliphatic heterocycles. The molecule has 0 aliphatic carbocycles. The van der Waals surface area contributed by atoms with Crippen molar-refractivity contribution in [2.24, 2.45) is 12.8 Å². The summed E-state index contributed by atoms with van der Waals surface area (Å²) >= 11 is 0. The molecule has 1 unspecified atom stereocenters. The van der Waals surface area contributed by atoms with Crippen LogP contribution in [0.5, 0.6) is 0 Å². The van der Waals surface area contributed by atoms with E-state index in [4.69, 9.17) is 5.73 Å². The predicted molar refractivity (Wildman–Crippen MR) is 65.4 cm³/mol. The van der Waals surface area contributed by atoms with Gasteiger partial charge in [-0.2, -0.15) is 0 Å². The molecular formula is C10H20ClN5. The Morgan fingerprint density at radius 1 is 1.50 bits per heavy atom. The van der Waals surface area contributed by atoms with E-state index in [0.717, 1.165) is 25.3 Å². The maximum atomic E-state index is 5.77. The lowest BCUT2D eigenvalue weighted by molar-refractivity contribution is 0.143. The van der Waals surface area contributed by atoms with Gasteiger partial charge >= 0.3 is 0 Å². The van der Waals surface area contributed by atoms with Crippen LogP contribution in [0.2, 0.25) is 0 Å². The molecule has 1 aliphatic rings. The molecule has 92 valence electrons. The fourth-order valence-electron chi connectivity index (χ4n) is 2.21. The molecule has 1 saturated heterocycles. The molecule has 1 aromatic heterocycles. The van der Waals surface area contributed by atoms with E-state index in [2.05, 4.69) is 15.2 Å². The largest absolute Gasteiger partial charge is 0.329 e. The molecule has 2 rings (SSSR count). The zero-order valence-electron chi connectivity index (χ0n) is 9.67. The van der Waals surface area contributed by atoms with E-state index in [-0.39, 0.29) is 12.4 Å². The molecule has 5 nitrogen and oxygen atoms in total. The van der Waals surface area contributed by atoms with Gasteiger partial charge in [-0.3, -0.25) is 9.58 Å². The van der Waals surface area contributed by atoms with Crippen LogP contribution in [0, 0.1) is 0 Å². The van der Waals surface area contributed by atoms with E-state index < -0.39 is 0 Å². The molecule has 2 heterocycles. The monoisotopic (exact) mass is 245 g/mol. The summed E-state index contributed by atoms with van der Waals surface area (Å²) in [6, 6.07) is 0.528. The Hall–Kier alpha value is -0.650. The van der Waals surface area contributed by atoms with Crippen LogP contribution in [0.3, 0.4) is 0 Å². The highest BCUT2D eigenvalue weighted by Gasteiger charge is 2.21. The summed E-state index contributed by atoms with van der Waals surface area (Å²) in [4.78, 5) is 2.42. The van der Waals surface area contributed by atoms with Crippen molar-refractivity contribution in [2.45, 2.75) is 31.8 Å². The molecule has 16 heavy (non-hydrogen) atoms. The second kappa shape index (κ2) is 6.18. The van der Waals surface area contributed by atoms with Gasteiger partial charge in [0.25, 0.3) is 0 Å². The molecule has 1 atom stereocenters. The first-order chi connectivity index (χ1) is 7.29. The van der Waals surface area contributed by atoms with Crippen molar-refractivity contribution in [1.82, 2.24) is 19.9 Å². The smallest absolute Gasteiger partial charge is 0.0967 e. The molecule has 0 radical (unpaired) electrons. The quantitative estimate of drug-likeness (QED) is 0.845. The third-order valence-corrected chi connectivity index (χ3v) is 3.04. The lowest BCUT2D eigenvalue weighted by atomic mass is 10.0. The van der Waals surface area contributed by atoms with E-state index in [1.165, 1.54) is 19.3 Å². The fraction of sp³-hybridized carbons (Fsp3) is 0.800. The van der Waals surface area contributed by atoms with Crippen LogP contribution in [-0.2, 0) is 13.6 Å². The van der Waals surface area contributed by atoms with Crippen molar-refractivity contribution in [3.05, 3.63) is 11.9 Å². The van der Waals surface area contributed by atoms with Crippen molar-refractivity contribution in [1.29, 1.82) is 0 Å². The minimum absolute atomic E-state index is 0. The Kier molecular flexibility index (Phi) is 5.18. The van der Waals surface area contributed by atoms with Gasteiger partial charge in [0.05, 0.1) is 5.69 Å². The molecule has 0 aromatic carbocycles. The van der Waals surface area contributed by atoms with Crippen LogP contribution in [0.4, 0.5) is 0 Å². The van der Waals surface area contributed by atoms with Crippen LogP contribution < -0.4 is 5.73 Å². The molecule has 0 spiro atoms. The molecule has 0 bridgehead atoms. The van der Waals surface area contributed by atoms with Crippen molar-refractivity contribution < 1.29 is 0 Å². The summed E-state index contributed by atoms with van der Waals surface area (Å²) < 4.78 is 1.75. The second-order valence-electron chi connectivity index (χ2n) is 4.24.